The van der Waals surface area contributed by atoms with E-state index in [4.69, 9.17) is 5.26 Å². The van der Waals surface area contributed by atoms with Crippen molar-refractivity contribution in [3.63, 3.8) is 0 Å². The third kappa shape index (κ3) is 2.79. The molecule has 0 aliphatic heterocycles. The van der Waals surface area contributed by atoms with Gasteiger partial charge in [0.05, 0.1) is 0 Å². The molecule has 0 unspecified atom stereocenters. The van der Waals surface area contributed by atoms with Crippen LogP contribution in [0, 0.1) is 24.2 Å². The molecule has 0 aromatic carbocycles. The predicted molar refractivity (Wildman–Crippen MR) is 61.8 cm³/mol. The number of hydrogen-bond donors (Lipinski definition) is 0. The Morgan fingerprint density at radius 2 is 2.06 bits per heavy atom. The second kappa shape index (κ2) is 5.07. The Bertz CT molecular complexity index is 400. The lowest BCUT2D eigenvalue weighted by Crippen LogP contribution is -2.11. The van der Waals surface area contributed by atoms with Gasteiger partial charge in [0.1, 0.15) is 17.6 Å². The quantitative estimate of drug-likeness (QED) is 0.762. The van der Waals surface area contributed by atoms with E-state index in [1.165, 1.54) is 32.1 Å². The molecule has 3 heteroatoms. The molecular formula is C13H17N3. The van der Waals surface area contributed by atoms with Gasteiger partial charge in [-0.1, -0.05) is 32.1 Å². The molecule has 3 nitrogen and oxygen atoms in total. The standard InChI is InChI=1S/C13H17N3/c1-10-15-12(8-13(9-14)16-10)7-11-5-3-2-4-6-11/h8,11H,2-7H2,1H3. The minimum atomic E-state index is 0.498. The molecule has 16 heavy (non-hydrogen) atoms. The van der Waals surface area contributed by atoms with Gasteiger partial charge in [-0.15, -0.1) is 0 Å². The SMILES string of the molecule is Cc1nc(C#N)cc(CC2CCCCC2)n1. The first-order valence-electron chi connectivity index (χ1n) is 6.02. The van der Waals surface area contributed by atoms with Crippen LogP contribution < -0.4 is 0 Å². The number of nitrogens with zero attached hydrogens (tertiary/aromatic N) is 3. The molecular weight excluding hydrogens is 198 g/mol. The maximum Gasteiger partial charge on any atom is 0.144 e. The first-order valence-corrected chi connectivity index (χ1v) is 6.02. The third-order valence-corrected chi connectivity index (χ3v) is 3.23. The molecule has 0 radical (unpaired) electrons. The molecule has 0 spiro atoms. The van der Waals surface area contributed by atoms with E-state index >= 15 is 0 Å². The van der Waals surface area contributed by atoms with E-state index in [1.807, 2.05) is 13.0 Å². The second-order valence-electron chi connectivity index (χ2n) is 4.61. The lowest BCUT2D eigenvalue weighted by atomic mass is 9.86. The van der Waals surface area contributed by atoms with Crippen molar-refractivity contribution in [2.75, 3.05) is 0 Å². The Kier molecular flexibility index (Phi) is 3.51. The Balaban J connectivity index is 2.08. The van der Waals surface area contributed by atoms with Crippen LogP contribution in [-0.2, 0) is 6.42 Å². The van der Waals surface area contributed by atoms with Gasteiger partial charge in [0.15, 0.2) is 0 Å². The van der Waals surface area contributed by atoms with Gasteiger partial charge in [0.2, 0.25) is 0 Å². The fourth-order valence-electron chi connectivity index (χ4n) is 2.48. The van der Waals surface area contributed by atoms with Gasteiger partial charge in [0, 0.05) is 5.69 Å². The van der Waals surface area contributed by atoms with E-state index in [-0.39, 0.29) is 0 Å². The molecule has 1 aliphatic carbocycles. The zero-order valence-corrected chi connectivity index (χ0v) is 9.74. The van der Waals surface area contributed by atoms with E-state index in [1.54, 1.807) is 0 Å². The van der Waals surface area contributed by atoms with Gasteiger partial charge in [-0.3, -0.25) is 0 Å². The molecule has 1 heterocycles. The lowest BCUT2D eigenvalue weighted by molar-refractivity contribution is 0.354. The van der Waals surface area contributed by atoms with Gasteiger partial charge in [-0.25, -0.2) is 9.97 Å². The number of nitriles is 1. The number of aryl methyl sites for hydroxylation is 1. The van der Waals surface area contributed by atoms with Crippen LogP contribution in [0.4, 0.5) is 0 Å². The number of rotatable bonds is 2. The summed E-state index contributed by atoms with van der Waals surface area (Å²) >= 11 is 0. The summed E-state index contributed by atoms with van der Waals surface area (Å²) in [6.07, 6.45) is 7.70. The van der Waals surface area contributed by atoms with E-state index in [0.717, 1.165) is 18.0 Å². The molecule has 2 rings (SSSR count). The molecule has 0 atom stereocenters. The second-order valence-corrected chi connectivity index (χ2v) is 4.61. The fraction of sp³-hybridized carbons (Fsp3) is 0.615. The third-order valence-electron chi connectivity index (χ3n) is 3.23. The number of hydrogen-bond acceptors (Lipinski definition) is 3. The van der Waals surface area contributed by atoms with Crippen molar-refractivity contribution in [2.45, 2.75) is 45.4 Å². The van der Waals surface area contributed by atoms with Gasteiger partial charge >= 0.3 is 0 Å². The summed E-state index contributed by atoms with van der Waals surface area (Å²) in [5.41, 5.74) is 1.54. The molecule has 1 fully saturated rings. The molecule has 84 valence electrons. The van der Waals surface area contributed by atoms with Crippen molar-refractivity contribution in [1.29, 1.82) is 5.26 Å². The smallest absolute Gasteiger partial charge is 0.144 e. The van der Waals surface area contributed by atoms with E-state index in [9.17, 15) is 0 Å². The summed E-state index contributed by atoms with van der Waals surface area (Å²) in [6.45, 7) is 1.85. The summed E-state index contributed by atoms with van der Waals surface area (Å²) in [5, 5.41) is 8.85. The molecule has 1 aliphatic rings. The Hall–Kier alpha value is -1.43. The largest absolute Gasteiger partial charge is 0.238 e. The summed E-state index contributed by atoms with van der Waals surface area (Å²) in [5.74, 6) is 1.47. The monoisotopic (exact) mass is 215 g/mol. The first kappa shape index (κ1) is 11.1. The van der Waals surface area contributed by atoms with Crippen LogP contribution >= 0.6 is 0 Å². The van der Waals surface area contributed by atoms with Crippen LogP contribution in [0.5, 0.6) is 0 Å². The van der Waals surface area contributed by atoms with Crippen LogP contribution in [0.3, 0.4) is 0 Å². The highest BCUT2D eigenvalue weighted by atomic mass is 14.9. The Morgan fingerprint density at radius 1 is 1.31 bits per heavy atom. The van der Waals surface area contributed by atoms with Crippen LogP contribution in [-0.4, -0.2) is 9.97 Å². The first-order chi connectivity index (χ1) is 7.78. The van der Waals surface area contributed by atoms with Crippen LogP contribution in [0.1, 0.15) is 49.3 Å². The summed E-state index contributed by atoms with van der Waals surface area (Å²) < 4.78 is 0. The van der Waals surface area contributed by atoms with Crippen LogP contribution in [0.2, 0.25) is 0 Å². The van der Waals surface area contributed by atoms with Crippen molar-refractivity contribution in [3.8, 4) is 6.07 Å². The molecule has 1 aromatic heterocycles. The highest BCUT2D eigenvalue weighted by Gasteiger charge is 2.15. The van der Waals surface area contributed by atoms with Crippen molar-refractivity contribution in [1.82, 2.24) is 9.97 Å². The van der Waals surface area contributed by atoms with E-state index in [0.29, 0.717) is 11.5 Å². The molecule has 0 saturated heterocycles. The van der Waals surface area contributed by atoms with Crippen molar-refractivity contribution in [3.05, 3.63) is 23.3 Å². The minimum Gasteiger partial charge on any atom is -0.238 e. The molecule has 1 aromatic rings. The van der Waals surface area contributed by atoms with Crippen LogP contribution in [0.15, 0.2) is 6.07 Å². The average Bonchev–Trinajstić information content (AvgIpc) is 2.29. The Morgan fingerprint density at radius 3 is 2.75 bits per heavy atom. The molecule has 0 amide bonds. The minimum absolute atomic E-state index is 0.498. The maximum absolute atomic E-state index is 8.85. The average molecular weight is 215 g/mol. The van der Waals surface area contributed by atoms with Crippen molar-refractivity contribution < 1.29 is 0 Å². The Labute approximate surface area is 96.5 Å². The molecule has 1 saturated carbocycles. The summed E-state index contributed by atoms with van der Waals surface area (Å²) in [6, 6.07) is 3.93. The van der Waals surface area contributed by atoms with Crippen LogP contribution in [0.25, 0.3) is 0 Å². The summed E-state index contributed by atoms with van der Waals surface area (Å²) in [4.78, 5) is 8.49. The maximum atomic E-state index is 8.85. The molecule has 0 N–H and O–H groups in total. The summed E-state index contributed by atoms with van der Waals surface area (Å²) in [7, 11) is 0. The fourth-order valence-corrected chi connectivity index (χ4v) is 2.48. The number of aromatic nitrogens is 2. The van der Waals surface area contributed by atoms with E-state index in [2.05, 4.69) is 16.0 Å². The topological polar surface area (TPSA) is 49.6 Å². The van der Waals surface area contributed by atoms with Gasteiger partial charge in [0.25, 0.3) is 0 Å². The van der Waals surface area contributed by atoms with Gasteiger partial charge in [-0.2, -0.15) is 5.26 Å². The van der Waals surface area contributed by atoms with Gasteiger partial charge < -0.3 is 0 Å². The highest BCUT2D eigenvalue weighted by molar-refractivity contribution is 5.23. The lowest BCUT2D eigenvalue weighted by Gasteiger charge is -2.21. The van der Waals surface area contributed by atoms with E-state index < -0.39 is 0 Å². The zero-order valence-electron chi connectivity index (χ0n) is 9.74. The molecule has 0 bridgehead atoms. The van der Waals surface area contributed by atoms with Crippen molar-refractivity contribution >= 4 is 0 Å². The zero-order chi connectivity index (χ0) is 11.4. The normalized spacial score (nSPS) is 17.0. The predicted octanol–water partition coefficient (Wildman–Crippen LogP) is 2.78. The van der Waals surface area contributed by atoms with Crippen molar-refractivity contribution in [2.24, 2.45) is 5.92 Å². The van der Waals surface area contributed by atoms with Gasteiger partial charge in [-0.05, 0) is 25.3 Å². The highest BCUT2D eigenvalue weighted by Crippen LogP contribution is 2.26.